The summed E-state index contributed by atoms with van der Waals surface area (Å²) in [4.78, 5) is 1.51. The van der Waals surface area contributed by atoms with Crippen molar-refractivity contribution >= 4 is 39.0 Å². The highest BCUT2D eigenvalue weighted by atomic mass is 79.9. The Morgan fingerprint density at radius 2 is 2.14 bits per heavy atom. The summed E-state index contributed by atoms with van der Waals surface area (Å²) in [6, 6.07) is 2.25. The maximum absolute atomic E-state index is 3.50. The molecule has 0 N–H and O–H groups in total. The summed E-state index contributed by atoms with van der Waals surface area (Å²) in [7, 11) is 0. The summed E-state index contributed by atoms with van der Waals surface area (Å²) in [5, 5.41) is 3.11. The molecule has 0 spiro atoms. The fourth-order valence-electron chi connectivity index (χ4n) is 1.86. The quantitative estimate of drug-likeness (QED) is 0.748. The molecule has 0 saturated heterocycles. The first-order valence-electron chi connectivity index (χ1n) is 5.19. The van der Waals surface area contributed by atoms with Crippen molar-refractivity contribution in [2.45, 2.75) is 43.1 Å². The summed E-state index contributed by atoms with van der Waals surface area (Å²) >= 11 is 7.52. The Morgan fingerprint density at radius 1 is 1.36 bits per heavy atom. The van der Waals surface area contributed by atoms with Gasteiger partial charge in [0.05, 0.1) is 0 Å². The van der Waals surface area contributed by atoms with Crippen molar-refractivity contribution in [3.63, 3.8) is 0 Å². The van der Waals surface area contributed by atoms with E-state index in [1.54, 1.807) is 0 Å². The lowest BCUT2D eigenvalue weighted by atomic mass is 10.0. The van der Waals surface area contributed by atoms with Gasteiger partial charge in [-0.1, -0.05) is 19.3 Å². The third kappa shape index (κ3) is 3.28. The highest BCUT2D eigenvalue weighted by molar-refractivity contribution is 9.10. The molecule has 0 aliphatic heterocycles. The van der Waals surface area contributed by atoms with E-state index >= 15 is 0 Å². The second-order valence-corrected chi connectivity index (χ2v) is 7.00. The summed E-state index contributed by atoms with van der Waals surface area (Å²) in [5.74, 6) is 1.21. The van der Waals surface area contributed by atoms with E-state index in [-0.39, 0.29) is 0 Å². The number of hydrogen-bond donors (Lipinski definition) is 0. The molecule has 0 atom stereocenters. The molecule has 0 bridgehead atoms. The lowest BCUT2D eigenvalue weighted by Crippen LogP contribution is -2.07. The van der Waals surface area contributed by atoms with Crippen LogP contribution in [0.15, 0.2) is 15.9 Å². The van der Waals surface area contributed by atoms with Crippen molar-refractivity contribution < 1.29 is 0 Å². The van der Waals surface area contributed by atoms with Crippen molar-refractivity contribution in [3.05, 3.63) is 20.8 Å². The monoisotopic (exact) mass is 290 g/mol. The van der Waals surface area contributed by atoms with E-state index in [2.05, 4.69) is 39.1 Å². The molecule has 2 rings (SSSR count). The van der Waals surface area contributed by atoms with Crippen LogP contribution in [-0.2, 0) is 5.75 Å². The van der Waals surface area contributed by atoms with Crippen LogP contribution in [0.4, 0.5) is 0 Å². The molecule has 1 fully saturated rings. The lowest BCUT2D eigenvalue weighted by Gasteiger charge is -2.20. The van der Waals surface area contributed by atoms with Crippen molar-refractivity contribution in [1.29, 1.82) is 0 Å². The summed E-state index contributed by atoms with van der Waals surface area (Å²) in [6.07, 6.45) is 7.24. The summed E-state index contributed by atoms with van der Waals surface area (Å²) in [6.45, 7) is 0. The molecule has 0 unspecified atom stereocenters. The van der Waals surface area contributed by atoms with Crippen molar-refractivity contribution in [2.75, 3.05) is 0 Å². The van der Waals surface area contributed by atoms with Crippen LogP contribution in [0.25, 0.3) is 0 Å². The number of thiophene rings is 1. The maximum Gasteiger partial charge on any atom is 0.0285 e. The highest BCUT2D eigenvalue weighted by Crippen LogP contribution is 2.32. The van der Waals surface area contributed by atoms with Gasteiger partial charge in [-0.3, -0.25) is 0 Å². The molecule has 0 aromatic carbocycles. The second-order valence-electron chi connectivity index (χ2n) is 3.80. The Labute approximate surface area is 103 Å². The molecule has 1 aromatic rings. The third-order valence-electron chi connectivity index (χ3n) is 2.64. The number of rotatable bonds is 3. The van der Waals surface area contributed by atoms with Gasteiger partial charge in [0.2, 0.25) is 0 Å². The Kier molecular flexibility index (Phi) is 4.39. The van der Waals surface area contributed by atoms with E-state index in [4.69, 9.17) is 0 Å². The number of thioether (sulfide) groups is 1. The Balaban J connectivity index is 1.76. The zero-order valence-electron chi connectivity index (χ0n) is 8.17. The number of halogens is 1. The predicted octanol–water partition coefficient (Wildman–Crippen LogP) is 5.08. The standard InChI is InChI=1S/C11H15BrS2/c12-9-6-11(13-7-9)8-14-10-4-2-1-3-5-10/h6-7,10H,1-5,8H2. The van der Waals surface area contributed by atoms with E-state index in [0.29, 0.717) is 0 Å². The molecular formula is C11H15BrS2. The van der Waals surface area contributed by atoms with E-state index < -0.39 is 0 Å². The van der Waals surface area contributed by atoms with Crippen LogP contribution in [0.3, 0.4) is 0 Å². The van der Waals surface area contributed by atoms with Gasteiger partial charge in [-0.15, -0.1) is 11.3 Å². The normalized spacial score (nSPS) is 18.6. The Bertz CT molecular complexity index is 277. The number of hydrogen-bond acceptors (Lipinski definition) is 2. The Morgan fingerprint density at radius 3 is 2.79 bits per heavy atom. The van der Waals surface area contributed by atoms with E-state index in [9.17, 15) is 0 Å². The maximum atomic E-state index is 3.50. The Hall–Kier alpha value is 0.530. The van der Waals surface area contributed by atoms with Crippen molar-refractivity contribution in [1.82, 2.24) is 0 Å². The van der Waals surface area contributed by atoms with E-state index in [1.165, 1.54) is 47.2 Å². The van der Waals surface area contributed by atoms with Crippen LogP contribution >= 0.6 is 39.0 Å². The van der Waals surface area contributed by atoms with Crippen molar-refractivity contribution in [3.8, 4) is 0 Å². The van der Waals surface area contributed by atoms with Gasteiger partial charge in [0, 0.05) is 25.7 Å². The minimum absolute atomic E-state index is 0.935. The van der Waals surface area contributed by atoms with E-state index in [0.717, 1.165) is 5.25 Å². The van der Waals surface area contributed by atoms with Crippen LogP contribution in [0, 0.1) is 0 Å². The topological polar surface area (TPSA) is 0 Å². The highest BCUT2D eigenvalue weighted by Gasteiger charge is 2.13. The van der Waals surface area contributed by atoms with Gasteiger partial charge in [-0.25, -0.2) is 0 Å². The molecule has 1 heterocycles. The molecule has 1 aromatic heterocycles. The molecule has 1 aliphatic carbocycles. The van der Waals surface area contributed by atoms with Gasteiger partial charge >= 0.3 is 0 Å². The van der Waals surface area contributed by atoms with Crippen LogP contribution in [0.5, 0.6) is 0 Å². The second kappa shape index (κ2) is 5.57. The lowest BCUT2D eigenvalue weighted by molar-refractivity contribution is 0.516. The predicted molar refractivity (Wildman–Crippen MR) is 70.2 cm³/mol. The minimum atomic E-state index is 0.935. The molecule has 1 saturated carbocycles. The van der Waals surface area contributed by atoms with Crippen molar-refractivity contribution in [2.24, 2.45) is 0 Å². The van der Waals surface area contributed by atoms with Gasteiger partial charge in [0.15, 0.2) is 0 Å². The first kappa shape index (κ1) is 11.0. The van der Waals surface area contributed by atoms with Gasteiger partial charge in [0.1, 0.15) is 0 Å². The molecular weight excluding hydrogens is 276 g/mol. The fraction of sp³-hybridized carbons (Fsp3) is 0.636. The van der Waals surface area contributed by atoms with Gasteiger partial charge in [0.25, 0.3) is 0 Å². The average molecular weight is 291 g/mol. The SMILES string of the molecule is Brc1csc(CSC2CCCCC2)c1. The minimum Gasteiger partial charge on any atom is -0.153 e. The first-order valence-corrected chi connectivity index (χ1v) is 7.91. The van der Waals surface area contributed by atoms with Gasteiger partial charge in [-0.05, 0) is 34.8 Å². The van der Waals surface area contributed by atoms with E-state index in [1.807, 2.05) is 11.3 Å². The molecule has 0 amide bonds. The summed E-state index contributed by atoms with van der Waals surface area (Å²) in [5.41, 5.74) is 0. The van der Waals surface area contributed by atoms with Gasteiger partial charge < -0.3 is 0 Å². The van der Waals surface area contributed by atoms with Crippen LogP contribution in [0.1, 0.15) is 37.0 Å². The first-order chi connectivity index (χ1) is 6.84. The molecule has 1 aliphatic rings. The fourth-order valence-corrected chi connectivity index (χ4v) is 4.72. The van der Waals surface area contributed by atoms with Crippen LogP contribution in [-0.4, -0.2) is 5.25 Å². The largest absolute Gasteiger partial charge is 0.153 e. The summed E-state index contributed by atoms with van der Waals surface area (Å²) < 4.78 is 1.24. The average Bonchev–Trinajstić information content (AvgIpc) is 2.63. The third-order valence-corrected chi connectivity index (χ3v) is 5.94. The molecule has 0 radical (unpaired) electrons. The van der Waals surface area contributed by atoms with Gasteiger partial charge in [-0.2, -0.15) is 11.8 Å². The van der Waals surface area contributed by atoms with Crippen LogP contribution < -0.4 is 0 Å². The van der Waals surface area contributed by atoms with Crippen LogP contribution in [0.2, 0.25) is 0 Å². The molecule has 78 valence electrons. The zero-order valence-corrected chi connectivity index (χ0v) is 11.4. The smallest absolute Gasteiger partial charge is 0.0285 e. The zero-order chi connectivity index (χ0) is 9.80. The molecule has 14 heavy (non-hydrogen) atoms. The molecule has 3 heteroatoms. The molecule has 0 nitrogen and oxygen atoms in total.